The molecule has 0 amide bonds. The number of benzene rings is 3. The molecule has 0 atom stereocenters. The van der Waals surface area contributed by atoms with E-state index in [1.165, 1.54) is 10.4 Å². The minimum absolute atomic E-state index is 0.0742. The Bertz CT molecular complexity index is 1530. The first-order valence-electron chi connectivity index (χ1n) is 11.3. The minimum Gasteiger partial charge on any atom is -0.497 e. The number of hydrogen-bond donors (Lipinski definition) is 1. The van der Waals surface area contributed by atoms with Gasteiger partial charge in [-0.05, 0) is 77.9 Å². The number of fused-ring (bicyclic) bond motifs is 1. The molecule has 4 aromatic rings. The van der Waals surface area contributed by atoms with Crippen molar-refractivity contribution in [3.8, 4) is 5.75 Å². The minimum atomic E-state index is -3.98. The molecule has 0 saturated carbocycles. The highest BCUT2D eigenvalue weighted by molar-refractivity contribution is 7.89. The topological polar surface area (TPSA) is 79.5 Å². The number of ether oxygens (including phenoxy) is 1. The number of halogens is 1. The smallest absolute Gasteiger partial charge is 0.252 e. The Labute approximate surface area is 210 Å². The zero-order chi connectivity index (χ0) is 25.2. The SMILES string of the molecule is CCc1ccc2[nH]c(=O)c(CN(Cc3ccc(OC)cc3)S(=O)(=O)c3cc(Cl)ccc3C)cc2c1. The molecule has 0 aliphatic carbocycles. The Morgan fingerprint density at radius 3 is 2.34 bits per heavy atom. The molecular formula is C27H27ClN2O4S. The van der Waals surface area contributed by atoms with E-state index >= 15 is 0 Å². The van der Waals surface area contributed by atoms with Crippen LogP contribution in [0.4, 0.5) is 0 Å². The van der Waals surface area contributed by atoms with Crippen LogP contribution in [0.15, 0.2) is 76.4 Å². The Balaban J connectivity index is 1.80. The molecule has 0 fully saturated rings. The lowest BCUT2D eigenvalue weighted by Crippen LogP contribution is -2.33. The third kappa shape index (κ3) is 5.42. The first-order valence-corrected chi connectivity index (χ1v) is 13.1. The van der Waals surface area contributed by atoms with Gasteiger partial charge in [0.1, 0.15) is 5.75 Å². The van der Waals surface area contributed by atoms with Crippen molar-refractivity contribution >= 4 is 32.5 Å². The summed E-state index contributed by atoms with van der Waals surface area (Å²) in [7, 11) is -2.41. The molecule has 0 spiro atoms. The van der Waals surface area contributed by atoms with Crippen molar-refractivity contribution in [3.63, 3.8) is 0 Å². The second-order valence-electron chi connectivity index (χ2n) is 8.43. The summed E-state index contributed by atoms with van der Waals surface area (Å²) < 4.78 is 34.2. The normalized spacial score (nSPS) is 11.8. The Morgan fingerprint density at radius 2 is 1.66 bits per heavy atom. The highest BCUT2D eigenvalue weighted by Crippen LogP contribution is 2.27. The molecule has 0 unspecified atom stereocenters. The van der Waals surface area contributed by atoms with E-state index in [1.807, 2.05) is 30.3 Å². The molecule has 1 N–H and O–H groups in total. The van der Waals surface area contributed by atoms with E-state index in [0.717, 1.165) is 22.9 Å². The number of H-pyrrole nitrogens is 1. The number of sulfonamides is 1. The lowest BCUT2D eigenvalue weighted by molar-refractivity contribution is 0.398. The van der Waals surface area contributed by atoms with Gasteiger partial charge >= 0.3 is 0 Å². The number of rotatable bonds is 8. The van der Waals surface area contributed by atoms with Gasteiger partial charge in [0.05, 0.1) is 12.0 Å². The summed E-state index contributed by atoms with van der Waals surface area (Å²) in [6, 6.07) is 19.6. The third-order valence-corrected chi connectivity index (χ3v) is 8.20. The summed E-state index contributed by atoms with van der Waals surface area (Å²) in [6.07, 6.45) is 0.858. The van der Waals surface area contributed by atoms with E-state index in [0.29, 0.717) is 27.4 Å². The zero-order valence-corrected chi connectivity index (χ0v) is 21.4. The molecular weight excluding hydrogens is 484 g/mol. The molecule has 3 aromatic carbocycles. The molecule has 0 aliphatic heterocycles. The van der Waals surface area contributed by atoms with Crippen LogP contribution < -0.4 is 10.3 Å². The van der Waals surface area contributed by atoms with Crippen molar-refractivity contribution in [1.29, 1.82) is 0 Å². The van der Waals surface area contributed by atoms with Crippen molar-refractivity contribution in [1.82, 2.24) is 9.29 Å². The van der Waals surface area contributed by atoms with E-state index in [-0.39, 0.29) is 23.5 Å². The van der Waals surface area contributed by atoms with Crippen LogP contribution >= 0.6 is 11.6 Å². The van der Waals surface area contributed by atoms with Gasteiger partial charge in [-0.15, -0.1) is 0 Å². The van der Waals surface area contributed by atoms with Gasteiger partial charge in [-0.25, -0.2) is 8.42 Å². The van der Waals surface area contributed by atoms with Gasteiger partial charge in [-0.2, -0.15) is 4.31 Å². The van der Waals surface area contributed by atoms with E-state index in [1.54, 1.807) is 44.4 Å². The summed E-state index contributed by atoms with van der Waals surface area (Å²) in [5, 5.41) is 1.19. The molecule has 1 heterocycles. The third-order valence-electron chi connectivity index (χ3n) is 6.03. The fraction of sp³-hybridized carbons (Fsp3) is 0.222. The predicted molar refractivity (Wildman–Crippen MR) is 140 cm³/mol. The van der Waals surface area contributed by atoms with E-state index in [9.17, 15) is 13.2 Å². The van der Waals surface area contributed by atoms with Gasteiger partial charge in [0.25, 0.3) is 5.56 Å². The fourth-order valence-corrected chi connectivity index (χ4v) is 5.87. The van der Waals surface area contributed by atoms with Crippen molar-refractivity contribution in [3.05, 3.63) is 104 Å². The second-order valence-corrected chi connectivity index (χ2v) is 10.8. The fourth-order valence-electron chi connectivity index (χ4n) is 3.98. The first kappa shape index (κ1) is 25.0. The molecule has 0 bridgehead atoms. The van der Waals surface area contributed by atoms with Gasteiger partial charge in [-0.3, -0.25) is 4.79 Å². The molecule has 35 heavy (non-hydrogen) atoms. The average molecular weight is 511 g/mol. The lowest BCUT2D eigenvalue weighted by Gasteiger charge is -2.23. The second kappa shape index (κ2) is 10.2. The molecule has 1 aromatic heterocycles. The summed E-state index contributed by atoms with van der Waals surface area (Å²) in [6.45, 7) is 3.76. The van der Waals surface area contributed by atoms with Gasteiger partial charge in [-0.1, -0.05) is 42.8 Å². The van der Waals surface area contributed by atoms with Crippen LogP contribution in [-0.2, 0) is 29.5 Å². The predicted octanol–water partition coefficient (Wildman–Crippen LogP) is 5.45. The number of aromatic nitrogens is 1. The van der Waals surface area contributed by atoms with Gasteiger partial charge in [0.15, 0.2) is 0 Å². The van der Waals surface area contributed by atoms with E-state index < -0.39 is 10.0 Å². The van der Waals surface area contributed by atoms with E-state index in [2.05, 4.69) is 11.9 Å². The first-order chi connectivity index (χ1) is 16.7. The van der Waals surface area contributed by atoms with Gasteiger partial charge in [0.2, 0.25) is 10.0 Å². The highest BCUT2D eigenvalue weighted by Gasteiger charge is 2.28. The Morgan fingerprint density at radius 1 is 0.943 bits per heavy atom. The number of hydrogen-bond acceptors (Lipinski definition) is 4. The van der Waals surface area contributed by atoms with Crippen molar-refractivity contribution < 1.29 is 13.2 Å². The van der Waals surface area contributed by atoms with E-state index in [4.69, 9.17) is 16.3 Å². The number of nitrogens with one attached hydrogen (secondary N) is 1. The van der Waals surface area contributed by atoms with Crippen LogP contribution in [0.25, 0.3) is 10.9 Å². The van der Waals surface area contributed by atoms with Gasteiger partial charge in [0, 0.05) is 29.2 Å². The monoisotopic (exact) mass is 510 g/mol. The molecule has 0 aliphatic rings. The number of aryl methyl sites for hydroxylation is 2. The summed E-state index contributed by atoms with van der Waals surface area (Å²) in [5.41, 5.74) is 3.23. The maximum atomic E-state index is 13.8. The maximum absolute atomic E-state index is 13.8. The van der Waals surface area contributed by atoms with Crippen LogP contribution in [0.5, 0.6) is 5.75 Å². The largest absolute Gasteiger partial charge is 0.497 e. The van der Waals surface area contributed by atoms with Crippen molar-refractivity contribution in [2.75, 3.05) is 7.11 Å². The number of pyridine rings is 1. The Kier molecular flexibility index (Phi) is 7.31. The summed E-state index contributed by atoms with van der Waals surface area (Å²) >= 11 is 6.15. The number of aromatic amines is 1. The van der Waals surface area contributed by atoms with Crippen LogP contribution in [-0.4, -0.2) is 24.8 Å². The molecule has 4 rings (SSSR count). The maximum Gasteiger partial charge on any atom is 0.252 e. The average Bonchev–Trinajstić information content (AvgIpc) is 2.85. The van der Waals surface area contributed by atoms with Crippen molar-refractivity contribution in [2.45, 2.75) is 38.3 Å². The molecule has 182 valence electrons. The molecule has 0 radical (unpaired) electrons. The standard InChI is InChI=1S/C27H27ClN2O4S/c1-4-19-8-12-25-21(13-19)14-22(27(31)29-25)17-30(16-20-6-10-24(34-3)11-7-20)35(32,33)26-15-23(28)9-5-18(26)2/h5-15H,4,16-17H2,1-3H3,(H,29,31). The van der Waals surface area contributed by atoms with Gasteiger partial charge < -0.3 is 9.72 Å². The van der Waals surface area contributed by atoms with Crippen LogP contribution in [0.3, 0.4) is 0 Å². The zero-order valence-electron chi connectivity index (χ0n) is 19.8. The molecule has 8 heteroatoms. The van der Waals surface area contributed by atoms with Crippen LogP contribution in [0, 0.1) is 6.92 Å². The number of methoxy groups -OCH3 is 1. The molecule has 6 nitrogen and oxygen atoms in total. The van der Waals surface area contributed by atoms with Crippen LogP contribution in [0.1, 0.15) is 29.2 Å². The lowest BCUT2D eigenvalue weighted by atomic mass is 10.1. The van der Waals surface area contributed by atoms with Crippen molar-refractivity contribution in [2.24, 2.45) is 0 Å². The Hall–Kier alpha value is -3.13. The quantitative estimate of drug-likeness (QED) is 0.342. The number of nitrogens with zero attached hydrogens (tertiary/aromatic N) is 1. The van der Waals surface area contributed by atoms with Crippen LogP contribution in [0.2, 0.25) is 5.02 Å². The summed E-state index contributed by atoms with van der Waals surface area (Å²) in [5.74, 6) is 0.673. The molecule has 0 saturated heterocycles. The highest BCUT2D eigenvalue weighted by atomic mass is 35.5. The summed E-state index contributed by atoms with van der Waals surface area (Å²) in [4.78, 5) is 15.9.